The van der Waals surface area contributed by atoms with E-state index >= 15 is 0 Å². The Balaban J connectivity index is 1.95. The first-order valence-corrected chi connectivity index (χ1v) is 7.80. The summed E-state index contributed by atoms with van der Waals surface area (Å²) in [5.41, 5.74) is 2.05. The molecule has 0 aliphatic carbocycles. The van der Waals surface area contributed by atoms with Crippen molar-refractivity contribution < 1.29 is 29.0 Å². The van der Waals surface area contributed by atoms with Gasteiger partial charge >= 0.3 is 5.97 Å². The molecule has 2 aromatic rings. The van der Waals surface area contributed by atoms with Gasteiger partial charge in [0.2, 0.25) is 5.78 Å². The summed E-state index contributed by atoms with van der Waals surface area (Å²) in [5.74, 6) is -2.66. The van der Waals surface area contributed by atoms with E-state index in [9.17, 15) is 14.4 Å². The number of hydrogen-bond acceptors (Lipinski definition) is 5. The lowest BCUT2D eigenvalue weighted by Gasteiger charge is -2.22. The SMILES string of the molecule is O=C(O)C(=O)CC(=O)c1cc(Cc2ccccc2)cc2c1OCCO2. The first-order valence-electron chi connectivity index (χ1n) is 7.80. The molecular weight excluding hydrogens is 324 g/mol. The van der Waals surface area contributed by atoms with Gasteiger partial charge in [-0.05, 0) is 29.7 Å². The molecule has 0 fully saturated rings. The average molecular weight is 340 g/mol. The number of carbonyl (C=O) groups excluding carboxylic acids is 2. The Kier molecular flexibility index (Phi) is 4.79. The Morgan fingerprint density at radius 2 is 1.68 bits per heavy atom. The van der Waals surface area contributed by atoms with E-state index in [1.807, 2.05) is 30.3 Å². The molecule has 0 saturated heterocycles. The van der Waals surface area contributed by atoms with Crippen molar-refractivity contribution >= 4 is 17.5 Å². The van der Waals surface area contributed by atoms with Crippen LogP contribution in [-0.4, -0.2) is 35.9 Å². The van der Waals surface area contributed by atoms with E-state index in [0.717, 1.165) is 11.1 Å². The first-order chi connectivity index (χ1) is 12.0. The fourth-order valence-corrected chi connectivity index (χ4v) is 2.67. The van der Waals surface area contributed by atoms with Crippen molar-refractivity contribution in [2.75, 3.05) is 13.2 Å². The lowest BCUT2D eigenvalue weighted by atomic mass is 9.97. The van der Waals surface area contributed by atoms with E-state index in [1.165, 1.54) is 0 Å². The molecule has 0 saturated carbocycles. The zero-order valence-corrected chi connectivity index (χ0v) is 13.4. The minimum Gasteiger partial charge on any atom is -0.486 e. The number of fused-ring (bicyclic) bond motifs is 1. The molecule has 0 radical (unpaired) electrons. The topological polar surface area (TPSA) is 89.9 Å². The molecule has 0 bridgehead atoms. The molecule has 128 valence electrons. The van der Waals surface area contributed by atoms with E-state index in [0.29, 0.717) is 18.8 Å². The second-order valence-electron chi connectivity index (χ2n) is 5.66. The van der Waals surface area contributed by atoms with Crippen LogP contribution in [0.25, 0.3) is 0 Å². The zero-order valence-electron chi connectivity index (χ0n) is 13.4. The van der Waals surface area contributed by atoms with Gasteiger partial charge in [0, 0.05) is 0 Å². The maximum atomic E-state index is 12.4. The average Bonchev–Trinajstić information content (AvgIpc) is 2.61. The van der Waals surface area contributed by atoms with Crippen molar-refractivity contribution in [1.29, 1.82) is 0 Å². The summed E-state index contributed by atoms with van der Waals surface area (Å²) in [6, 6.07) is 13.1. The predicted molar refractivity (Wildman–Crippen MR) is 88.3 cm³/mol. The number of ether oxygens (including phenoxy) is 2. The number of carboxylic acid groups (broad SMARTS) is 1. The minimum absolute atomic E-state index is 0.178. The molecule has 1 heterocycles. The number of Topliss-reactive ketones (excluding diaryl/α,β-unsaturated/α-hetero) is 2. The summed E-state index contributed by atoms with van der Waals surface area (Å²) in [6.45, 7) is 0.654. The third-order valence-electron chi connectivity index (χ3n) is 3.81. The maximum absolute atomic E-state index is 12.4. The number of carboxylic acids is 1. The zero-order chi connectivity index (χ0) is 17.8. The summed E-state index contributed by atoms with van der Waals surface area (Å²) in [4.78, 5) is 34.5. The Hall–Kier alpha value is -3.15. The summed E-state index contributed by atoms with van der Waals surface area (Å²) in [6.07, 6.45) is -0.134. The molecule has 0 aromatic heterocycles. The van der Waals surface area contributed by atoms with Gasteiger partial charge in [-0.3, -0.25) is 9.59 Å². The Bertz CT molecular complexity index is 825. The number of rotatable bonds is 6. The lowest BCUT2D eigenvalue weighted by molar-refractivity contribution is -0.148. The fraction of sp³-hybridized carbons (Fsp3) is 0.211. The Labute approximate surface area is 144 Å². The van der Waals surface area contributed by atoms with Crippen LogP contribution >= 0.6 is 0 Å². The second-order valence-corrected chi connectivity index (χ2v) is 5.66. The van der Waals surface area contributed by atoms with Gasteiger partial charge in [0.15, 0.2) is 17.3 Å². The van der Waals surface area contributed by atoms with Crippen LogP contribution in [0.4, 0.5) is 0 Å². The maximum Gasteiger partial charge on any atom is 0.372 e. The van der Waals surface area contributed by atoms with Crippen LogP contribution in [0, 0.1) is 0 Å². The highest BCUT2D eigenvalue weighted by atomic mass is 16.6. The van der Waals surface area contributed by atoms with Gasteiger partial charge in [-0.1, -0.05) is 30.3 Å². The predicted octanol–water partition coefficient (Wildman–Crippen LogP) is 2.28. The van der Waals surface area contributed by atoms with Gasteiger partial charge < -0.3 is 14.6 Å². The third-order valence-corrected chi connectivity index (χ3v) is 3.81. The van der Waals surface area contributed by atoms with E-state index in [1.54, 1.807) is 12.1 Å². The number of benzene rings is 2. The van der Waals surface area contributed by atoms with Crippen molar-refractivity contribution in [3.05, 3.63) is 59.2 Å². The highest BCUT2D eigenvalue weighted by molar-refractivity contribution is 6.37. The van der Waals surface area contributed by atoms with Gasteiger partial charge in [0.25, 0.3) is 0 Å². The van der Waals surface area contributed by atoms with Crippen molar-refractivity contribution in [1.82, 2.24) is 0 Å². The third kappa shape index (κ3) is 3.85. The Morgan fingerprint density at radius 3 is 2.40 bits per heavy atom. The van der Waals surface area contributed by atoms with Crippen molar-refractivity contribution in [3.63, 3.8) is 0 Å². The normalized spacial score (nSPS) is 12.5. The van der Waals surface area contributed by atoms with Crippen LogP contribution in [0.1, 0.15) is 27.9 Å². The summed E-state index contributed by atoms with van der Waals surface area (Å²) >= 11 is 0. The van der Waals surface area contributed by atoms with Crippen LogP contribution < -0.4 is 9.47 Å². The van der Waals surface area contributed by atoms with Gasteiger partial charge in [0.05, 0.1) is 12.0 Å². The van der Waals surface area contributed by atoms with Crippen molar-refractivity contribution in [2.24, 2.45) is 0 Å². The molecule has 3 rings (SSSR count). The quantitative estimate of drug-likeness (QED) is 0.493. The molecule has 2 aromatic carbocycles. The number of carbonyl (C=O) groups is 3. The molecule has 0 spiro atoms. The number of aliphatic carboxylic acids is 1. The van der Waals surface area contributed by atoms with Crippen LogP contribution in [0.3, 0.4) is 0 Å². The number of hydrogen-bond donors (Lipinski definition) is 1. The Morgan fingerprint density at radius 1 is 0.960 bits per heavy atom. The van der Waals surface area contributed by atoms with Gasteiger partial charge in [0.1, 0.15) is 13.2 Å². The standard InChI is InChI=1S/C19H16O6/c20-15(11-16(21)19(22)23)14-9-13(8-12-4-2-1-3-5-12)10-17-18(14)25-7-6-24-17/h1-5,9-10H,6-8,11H2,(H,22,23). The monoisotopic (exact) mass is 340 g/mol. The van der Waals surface area contributed by atoms with E-state index in [2.05, 4.69) is 0 Å². The van der Waals surface area contributed by atoms with Crippen LogP contribution in [0.15, 0.2) is 42.5 Å². The smallest absolute Gasteiger partial charge is 0.372 e. The van der Waals surface area contributed by atoms with Crippen LogP contribution in [-0.2, 0) is 16.0 Å². The second kappa shape index (κ2) is 7.17. The van der Waals surface area contributed by atoms with Gasteiger partial charge in [-0.25, -0.2) is 4.79 Å². The highest BCUT2D eigenvalue weighted by Gasteiger charge is 2.25. The summed E-state index contributed by atoms with van der Waals surface area (Å²) in [7, 11) is 0. The first kappa shape index (κ1) is 16.7. The molecule has 25 heavy (non-hydrogen) atoms. The number of ketones is 2. The molecule has 1 aliphatic rings. The van der Waals surface area contributed by atoms with Crippen molar-refractivity contribution in [3.8, 4) is 11.5 Å². The molecule has 0 amide bonds. The molecular formula is C19H16O6. The van der Waals surface area contributed by atoms with Gasteiger partial charge in [-0.2, -0.15) is 0 Å². The minimum atomic E-state index is -1.63. The van der Waals surface area contributed by atoms with E-state index in [-0.39, 0.29) is 17.9 Å². The fourth-order valence-electron chi connectivity index (χ4n) is 2.67. The molecule has 1 N–H and O–H groups in total. The van der Waals surface area contributed by atoms with E-state index < -0.39 is 24.0 Å². The molecule has 1 aliphatic heterocycles. The summed E-state index contributed by atoms with van der Waals surface area (Å²) in [5, 5.41) is 8.71. The summed E-state index contributed by atoms with van der Waals surface area (Å²) < 4.78 is 11.1. The van der Waals surface area contributed by atoms with E-state index in [4.69, 9.17) is 14.6 Å². The highest BCUT2D eigenvalue weighted by Crippen LogP contribution is 2.36. The molecule has 0 atom stereocenters. The molecule has 6 nitrogen and oxygen atoms in total. The molecule has 0 unspecified atom stereocenters. The lowest BCUT2D eigenvalue weighted by Crippen LogP contribution is -2.21. The van der Waals surface area contributed by atoms with Crippen molar-refractivity contribution in [2.45, 2.75) is 12.8 Å². The molecule has 6 heteroatoms. The van der Waals surface area contributed by atoms with Gasteiger partial charge in [-0.15, -0.1) is 0 Å². The van der Waals surface area contributed by atoms with Crippen LogP contribution in [0.2, 0.25) is 0 Å². The largest absolute Gasteiger partial charge is 0.486 e. The van der Waals surface area contributed by atoms with Crippen LogP contribution in [0.5, 0.6) is 11.5 Å².